The summed E-state index contributed by atoms with van der Waals surface area (Å²) in [5, 5.41) is 6.00. The zero-order valence-corrected chi connectivity index (χ0v) is 17.5. The predicted octanol–water partition coefficient (Wildman–Crippen LogP) is 4.30. The summed E-state index contributed by atoms with van der Waals surface area (Å²) in [5.41, 5.74) is 1.27. The Morgan fingerprint density at radius 3 is 2.86 bits per heavy atom. The normalized spacial score (nSPS) is 20.7. The summed E-state index contributed by atoms with van der Waals surface area (Å²) >= 11 is 0. The lowest BCUT2D eigenvalue weighted by Crippen LogP contribution is -2.40. The Labute approximate surface area is 174 Å². The lowest BCUT2D eigenvalue weighted by molar-refractivity contribution is -0.136. The number of imide groups is 1. The first kappa shape index (κ1) is 21.6. The van der Waals surface area contributed by atoms with Gasteiger partial charge in [-0.25, -0.2) is 0 Å². The number of carbonyl (C=O) groups is 2. The average molecular weight is 399 g/mol. The first-order chi connectivity index (χ1) is 14.1. The molecular weight excluding hydrogens is 364 g/mol. The minimum Gasteiger partial charge on any atom is -0.493 e. The van der Waals surface area contributed by atoms with Crippen LogP contribution in [0, 0.1) is 11.8 Å². The van der Waals surface area contributed by atoms with E-state index in [9.17, 15) is 9.59 Å². The van der Waals surface area contributed by atoms with Crippen LogP contribution in [0.2, 0.25) is 0 Å². The second-order valence-electron chi connectivity index (χ2n) is 8.35. The van der Waals surface area contributed by atoms with Gasteiger partial charge < -0.3 is 10.1 Å². The van der Waals surface area contributed by atoms with Gasteiger partial charge >= 0.3 is 0 Å². The van der Waals surface area contributed by atoms with Gasteiger partial charge in [-0.1, -0.05) is 24.3 Å². The monoisotopic (exact) mass is 398 g/mol. The van der Waals surface area contributed by atoms with Gasteiger partial charge in [0.15, 0.2) is 0 Å². The number of ether oxygens (including phenoxy) is 1. The first-order valence-corrected chi connectivity index (χ1v) is 11.1. The van der Waals surface area contributed by atoms with Crippen LogP contribution in [-0.4, -0.2) is 25.0 Å². The summed E-state index contributed by atoms with van der Waals surface area (Å²) in [7, 11) is 0. The molecule has 1 aliphatic carbocycles. The number of piperidine rings is 1. The van der Waals surface area contributed by atoms with Gasteiger partial charge in [0.1, 0.15) is 5.75 Å². The molecule has 0 spiro atoms. The van der Waals surface area contributed by atoms with E-state index in [1.807, 2.05) is 6.07 Å². The molecule has 3 rings (SSSR count). The van der Waals surface area contributed by atoms with Crippen LogP contribution in [-0.2, 0) is 9.59 Å². The standard InChI is InChI=1S/C24H34N2O3/c1-18(21-9-7-10-22(16-21)29-17-19-11-12-19)25-15-6-4-2-3-5-8-20-13-14-23(27)26-24(20)28/h3,5,7,9-10,16,18-20,25H,2,4,6,8,11-15,17H2,1H3,(H,26,27,28)/b5-3+/t18-,20?/m1/s1. The number of benzene rings is 1. The summed E-state index contributed by atoms with van der Waals surface area (Å²) in [5.74, 6) is 1.44. The van der Waals surface area contributed by atoms with Gasteiger partial charge in [-0.3, -0.25) is 14.9 Å². The molecule has 2 fully saturated rings. The minimum atomic E-state index is -0.144. The van der Waals surface area contributed by atoms with Gasteiger partial charge in [0.25, 0.3) is 0 Å². The molecule has 1 heterocycles. The number of hydrogen-bond donors (Lipinski definition) is 2. The molecule has 5 nitrogen and oxygen atoms in total. The minimum absolute atomic E-state index is 0.0458. The van der Waals surface area contributed by atoms with E-state index in [0.717, 1.165) is 50.5 Å². The fourth-order valence-electron chi connectivity index (χ4n) is 3.54. The number of unbranched alkanes of at least 4 members (excludes halogenated alkanes) is 2. The van der Waals surface area contributed by atoms with E-state index < -0.39 is 0 Å². The first-order valence-electron chi connectivity index (χ1n) is 11.1. The summed E-state index contributed by atoms with van der Waals surface area (Å²) in [6.45, 7) is 4.03. The molecule has 0 aromatic heterocycles. The van der Waals surface area contributed by atoms with Crippen molar-refractivity contribution in [1.82, 2.24) is 10.6 Å². The van der Waals surface area contributed by atoms with Gasteiger partial charge in [0, 0.05) is 18.4 Å². The van der Waals surface area contributed by atoms with Crippen molar-refractivity contribution >= 4 is 11.8 Å². The van der Waals surface area contributed by atoms with Gasteiger partial charge in [-0.05, 0) is 82.0 Å². The van der Waals surface area contributed by atoms with E-state index in [0.29, 0.717) is 18.9 Å². The molecule has 2 atom stereocenters. The van der Waals surface area contributed by atoms with Crippen LogP contribution in [0.3, 0.4) is 0 Å². The fraction of sp³-hybridized carbons (Fsp3) is 0.583. The molecule has 2 amide bonds. The highest BCUT2D eigenvalue weighted by atomic mass is 16.5. The van der Waals surface area contributed by atoms with Crippen LogP contribution < -0.4 is 15.4 Å². The fourth-order valence-corrected chi connectivity index (χ4v) is 3.54. The molecule has 5 heteroatoms. The highest BCUT2D eigenvalue weighted by Crippen LogP contribution is 2.30. The Morgan fingerprint density at radius 1 is 1.21 bits per heavy atom. The van der Waals surface area contributed by atoms with Gasteiger partial charge in [-0.2, -0.15) is 0 Å². The second-order valence-corrected chi connectivity index (χ2v) is 8.35. The molecule has 2 aliphatic rings. The summed E-state index contributed by atoms with van der Waals surface area (Å²) in [4.78, 5) is 22.8. The number of nitrogens with one attached hydrogen (secondary N) is 2. The zero-order valence-electron chi connectivity index (χ0n) is 17.5. The van der Waals surface area contributed by atoms with Crippen molar-refractivity contribution < 1.29 is 14.3 Å². The Balaban J connectivity index is 1.26. The van der Waals surface area contributed by atoms with E-state index in [4.69, 9.17) is 4.74 Å². The van der Waals surface area contributed by atoms with Crippen molar-refractivity contribution in [3.05, 3.63) is 42.0 Å². The van der Waals surface area contributed by atoms with Crippen molar-refractivity contribution in [2.75, 3.05) is 13.2 Å². The number of amides is 2. The molecule has 1 aromatic carbocycles. The lowest BCUT2D eigenvalue weighted by atomic mass is 9.94. The van der Waals surface area contributed by atoms with E-state index in [-0.39, 0.29) is 17.7 Å². The third-order valence-corrected chi connectivity index (χ3v) is 5.73. The third kappa shape index (κ3) is 7.65. The van der Waals surface area contributed by atoms with Crippen LogP contribution in [0.5, 0.6) is 5.75 Å². The Bertz CT molecular complexity index is 712. The molecule has 1 saturated heterocycles. The molecule has 0 radical (unpaired) electrons. The molecule has 0 bridgehead atoms. The quantitative estimate of drug-likeness (QED) is 0.313. The molecule has 1 unspecified atom stereocenters. The Kier molecular flexibility index (Phi) is 8.29. The van der Waals surface area contributed by atoms with E-state index in [1.54, 1.807) is 0 Å². The van der Waals surface area contributed by atoms with Crippen LogP contribution in [0.25, 0.3) is 0 Å². The van der Waals surface area contributed by atoms with Gasteiger partial charge in [0.05, 0.1) is 6.61 Å². The topological polar surface area (TPSA) is 67.4 Å². The largest absolute Gasteiger partial charge is 0.493 e. The summed E-state index contributed by atoms with van der Waals surface area (Å²) in [6, 6.07) is 8.72. The van der Waals surface area contributed by atoms with Crippen molar-refractivity contribution in [2.45, 2.75) is 64.3 Å². The van der Waals surface area contributed by atoms with Crippen molar-refractivity contribution in [3.63, 3.8) is 0 Å². The molecule has 1 aromatic rings. The number of rotatable bonds is 12. The molecule has 1 saturated carbocycles. The zero-order chi connectivity index (χ0) is 20.5. The second kappa shape index (κ2) is 11.1. The van der Waals surface area contributed by atoms with Crippen molar-refractivity contribution in [3.8, 4) is 5.75 Å². The lowest BCUT2D eigenvalue weighted by Gasteiger charge is -2.19. The maximum absolute atomic E-state index is 11.7. The predicted molar refractivity (Wildman–Crippen MR) is 115 cm³/mol. The maximum Gasteiger partial charge on any atom is 0.229 e. The molecule has 29 heavy (non-hydrogen) atoms. The number of allylic oxidation sites excluding steroid dienone is 2. The third-order valence-electron chi connectivity index (χ3n) is 5.73. The smallest absolute Gasteiger partial charge is 0.229 e. The van der Waals surface area contributed by atoms with E-state index in [1.165, 1.54) is 18.4 Å². The van der Waals surface area contributed by atoms with Crippen LogP contribution in [0.1, 0.15) is 69.9 Å². The van der Waals surface area contributed by atoms with Crippen molar-refractivity contribution in [1.29, 1.82) is 0 Å². The SMILES string of the molecule is C[C@@H](NCCCC/C=C/CC1CCC(=O)NC1=O)c1cccc(OCC2CC2)c1. The van der Waals surface area contributed by atoms with E-state index in [2.05, 4.69) is 47.9 Å². The van der Waals surface area contributed by atoms with E-state index >= 15 is 0 Å². The summed E-state index contributed by atoms with van der Waals surface area (Å²) in [6.07, 6.45) is 12.0. The van der Waals surface area contributed by atoms with Crippen LogP contribution >= 0.6 is 0 Å². The highest BCUT2D eigenvalue weighted by Gasteiger charge is 2.25. The molecule has 2 N–H and O–H groups in total. The Hall–Kier alpha value is -2.14. The molecular formula is C24H34N2O3. The average Bonchev–Trinajstić information content (AvgIpc) is 3.54. The van der Waals surface area contributed by atoms with Gasteiger partial charge in [-0.15, -0.1) is 0 Å². The van der Waals surface area contributed by atoms with Crippen LogP contribution in [0.15, 0.2) is 36.4 Å². The van der Waals surface area contributed by atoms with Gasteiger partial charge in [0.2, 0.25) is 11.8 Å². The number of carbonyl (C=O) groups excluding carboxylic acids is 2. The summed E-state index contributed by atoms with van der Waals surface area (Å²) < 4.78 is 5.88. The Morgan fingerprint density at radius 2 is 2.07 bits per heavy atom. The molecule has 158 valence electrons. The molecule has 1 aliphatic heterocycles. The highest BCUT2D eigenvalue weighted by molar-refractivity contribution is 5.98. The van der Waals surface area contributed by atoms with Crippen molar-refractivity contribution in [2.24, 2.45) is 11.8 Å². The van der Waals surface area contributed by atoms with Crippen LogP contribution in [0.4, 0.5) is 0 Å². The number of hydrogen-bond acceptors (Lipinski definition) is 4. The maximum atomic E-state index is 11.7.